The van der Waals surface area contributed by atoms with Gasteiger partial charge >= 0.3 is 5.97 Å². The first-order valence-electron chi connectivity index (χ1n) is 10.8. The molecule has 0 amide bonds. The first kappa shape index (κ1) is 25.2. The van der Waals surface area contributed by atoms with Crippen LogP contribution in [-0.4, -0.2) is 11.1 Å². The van der Waals surface area contributed by atoms with Crippen LogP contribution in [0.5, 0.6) is 0 Å². The molecule has 2 nitrogen and oxygen atoms in total. The maximum Gasteiger partial charge on any atom is 0.328 e. The van der Waals surface area contributed by atoms with Crippen LogP contribution >= 0.6 is 0 Å². The molecule has 2 heteroatoms. The standard InChI is InChI=1S/C25H40O2/c1-2-3-4-5-6-7-8-9-10-11-12-13-14-15-16-17-18-19-20-21-22-23-24-25(26)27/h10-11,17-24H,2-9,12-16H2,1H3,(H,26,27). The molecule has 0 fully saturated rings. The SMILES string of the molecule is CCCCCCCCCC=CCCCCCC=CC=CC=CC=CC(=O)O. The molecular weight excluding hydrogens is 332 g/mol. The van der Waals surface area contributed by atoms with Crippen molar-refractivity contribution in [1.82, 2.24) is 0 Å². The molecule has 0 aliphatic rings. The fraction of sp³-hybridized carbons (Fsp3) is 0.560. The van der Waals surface area contributed by atoms with E-state index in [-0.39, 0.29) is 0 Å². The Hall–Kier alpha value is -1.83. The van der Waals surface area contributed by atoms with E-state index in [1.54, 1.807) is 6.08 Å². The normalized spacial score (nSPS) is 12.6. The van der Waals surface area contributed by atoms with E-state index in [4.69, 9.17) is 5.11 Å². The zero-order chi connectivity index (χ0) is 19.8. The molecule has 1 N–H and O–H groups in total. The van der Waals surface area contributed by atoms with Crippen molar-refractivity contribution in [1.29, 1.82) is 0 Å². The number of carboxylic acids is 1. The van der Waals surface area contributed by atoms with Crippen LogP contribution in [0.3, 0.4) is 0 Å². The van der Waals surface area contributed by atoms with Gasteiger partial charge in [-0.2, -0.15) is 0 Å². The largest absolute Gasteiger partial charge is 0.478 e. The van der Waals surface area contributed by atoms with E-state index in [0.717, 1.165) is 12.5 Å². The second-order valence-electron chi connectivity index (χ2n) is 6.91. The fourth-order valence-electron chi connectivity index (χ4n) is 2.73. The van der Waals surface area contributed by atoms with Crippen molar-refractivity contribution < 1.29 is 9.90 Å². The Labute approximate surface area is 167 Å². The van der Waals surface area contributed by atoms with Gasteiger partial charge in [0.25, 0.3) is 0 Å². The van der Waals surface area contributed by atoms with Crippen LogP contribution in [0.15, 0.2) is 60.8 Å². The second kappa shape index (κ2) is 22.2. The predicted molar refractivity (Wildman–Crippen MR) is 119 cm³/mol. The molecular formula is C25H40O2. The Morgan fingerprint density at radius 1 is 0.593 bits per heavy atom. The number of carbonyl (C=O) groups is 1. The smallest absolute Gasteiger partial charge is 0.328 e. The quantitative estimate of drug-likeness (QED) is 0.115. The number of hydrogen-bond acceptors (Lipinski definition) is 1. The highest BCUT2D eigenvalue weighted by Gasteiger charge is 1.90. The Morgan fingerprint density at radius 2 is 1.04 bits per heavy atom. The Morgan fingerprint density at radius 3 is 1.63 bits per heavy atom. The Kier molecular flexibility index (Phi) is 20.7. The third kappa shape index (κ3) is 24.2. The zero-order valence-electron chi connectivity index (χ0n) is 17.3. The van der Waals surface area contributed by atoms with Crippen molar-refractivity contribution in [3.8, 4) is 0 Å². The van der Waals surface area contributed by atoms with E-state index in [0.29, 0.717) is 0 Å². The van der Waals surface area contributed by atoms with Gasteiger partial charge in [-0.05, 0) is 38.5 Å². The van der Waals surface area contributed by atoms with Crippen molar-refractivity contribution in [2.24, 2.45) is 0 Å². The molecule has 0 radical (unpaired) electrons. The van der Waals surface area contributed by atoms with E-state index < -0.39 is 5.97 Å². The lowest BCUT2D eigenvalue weighted by Gasteiger charge is -1.99. The van der Waals surface area contributed by atoms with Crippen LogP contribution < -0.4 is 0 Å². The topological polar surface area (TPSA) is 37.3 Å². The fourth-order valence-corrected chi connectivity index (χ4v) is 2.73. The van der Waals surface area contributed by atoms with Gasteiger partial charge < -0.3 is 5.11 Å². The lowest BCUT2D eigenvalue weighted by molar-refractivity contribution is -0.131. The molecule has 0 aromatic carbocycles. The molecule has 0 saturated carbocycles. The van der Waals surface area contributed by atoms with Crippen molar-refractivity contribution in [2.45, 2.75) is 90.4 Å². The number of aliphatic carboxylic acids is 1. The van der Waals surface area contributed by atoms with E-state index in [9.17, 15) is 4.79 Å². The molecule has 0 aliphatic heterocycles. The zero-order valence-corrected chi connectivity index (χ0v) is 17.3. The number of rotatable bonds is 18. The highest BCUT2D eigenvalue weighted by atomic mass is 16.4. The van der Waals surface area contributed by atoms with Gasteiger partial charge in [0.2, 0.25) is 0 Å². The summed E-state index contributed by atoms with van der Waals surface area (Å²) in [5, 5.41) is 8.43. The second-order valence-corrected chi connectivity index (χ2v) is 6.91. The van der Waals surface area contributed by atoms with Crippen molar-refractivity contribution >= 4 is 5.97 Å². The third-order valence-electron chi connectivity index (χ3n) is 4.31. The summed E-state index contributed by atoms with van der Waals surface area (Å²) in [6, 6.07) is 0. The van der Waals surface area contributed by atoms with Crippen LogP contribution in [0.1, 0.15) is 90.4 Å². The molecule has 0 aliphatic carbocycles. The van der Waals surface area contributed by atoms with Crippen LogP contribution in [0.4, 0.5) is 0 Å². The van der Waals surface area contributed by atoms with Gasteiger partial charge in [-0.3, -0.25) is 0 Å². The van der Waals surface area contributed by atoms with Gasteiger partial charge in [0.05, 0.1) is 0 Å². The number of unbranched alkanes of at least 4 members (excludes halogenated alkanes) is 11. The average molecular weight is 373 g/mol. The van der Waals surface area contributed by atoms with Gasteiger partial charge in [0.15, 0.2) is 0 Å². The molecule has 0 saturated heterocycles. The number of hydrogen-bond donors (Lipinski definition) is 1. The molecule has 0 spiro atoms. The summed E-state index contributed by atoms with van der Waals surface area (Å²) in [7, 11) is 0. The molecule has 0 aromatic rings. The van der Waals surface area contributed by atoms with Crippen molar-refractivity contribution in [3.63, 3.8) is 0 Å². The minimum atomic E-state index is -0.924. The summed E-state index contributed by atoms with van der Waals surface area (Å²) >= 11 is 0. The molecule has 0 rings (SSSR count). The predicted octanol–water partition coefficient (Wildman–Crippen LogP) is 7.94. The molecule has 27 heavy (non-hydrogen) atoms. The summed E-state index contributed by atoms with van der Waals surface area (Å²) in [5.41, 5.74) is 0. The minimum Gasteiger partial charge on any atom is -0.478 e. The molecule has 152 valence electrons. The minimum absolute atomic E-state index is 0.924. The molecule has 0 aromatic heterocycles. The molecule has 0 heterocycles. The van der Waals surface area contributed by atoms with E-state index in [1.165, 1.54) is 83.1 Å². The lowest BCUT2D eigenvalue weighted by atomic mass is 10.1. The van der Waals surface area contributed by atoms with Gasteiger partial charge in [-0.15, -0.1) is 0 Å². The lowest BCUT2D eigenvalue weighted by Crippen LogP contribution is -1.84. The Balaban J connectivity index is 3.35. The monoisotopic (exact) mass is 372 g/mol. The highest BCUT2D eigenvalue weighted by molar-refractivity contribution is 5.80. The molecule has 0 atom stereocenters. The third-order valence-corrected chi connectivity index (χ3v) is 4.31. The van der Waals surface area contributed by atoms with Crippen LogP contribution in [0.2, 0.25) is 0 Å². The summed E-state index contributed by atoms with van der Waals surface area (Å²) in [6.45, 7) is 2.27. The molecule has 0 bridgehead atoms. The summed E-state index contributed by atoms with van der Waals surface area (Å²) < 4.78 is 0. The molecule has 0 unspecified atom stereocenters. The maximum atomic E-state index is 10.3. The van der Waals surface area contributed by atoms with E-state index in [1.807, 2.05) is 24.3 Å². The van der Waals surface area contributed by atoms with Gasteiger partial charge in [0.1, 0.15) is 0 Å². The number of carboxylic acid groups (broad SMARTS) is 1. The summed E-state index contributed by atoms with van der Waals surface area (Å²) in [4.78, 5) is 10.3. The first-order valence-corrected chi connectivity index (χ1v) is 10.8. The maximum absolute atomic E-state index is 10.3. The number of allylic oxidation sites excluding steroid dienone is 9. The summed E-state index contributed by atoms with van der Waals surface area (Å²) in [6.07, 6.45) is 36.1. The Bertz CT molecular complexity index is 467. The van der Waals surface area contributed by atoms with E-state index >= 15 is 0 Å². The van der Waals surface area contributed by atoms with E-state index in [2.05, 4.69) is 25.2 Å². The van der Waals surface area contributed by atoms with Gasteiger partial charge in [-0.1, -0.05) is 107 Å². The van der Waals surface area contributed by atoms with Gasteiger partial charge in [-0.25, -0.2) is 4.79 Å². The first-order chi connectivity index (χ1) is 13.3. The average Bonchev–Trinajstić information content (AvgIpc) is 2.65. The van der Waals surface area contributed by atoms with Crippen LogP contribution in [0, 0.1) is 0 Å². The summed E-state index contributed by atoms with van der Waals surface area (Å²) in [5.74, 6) is -0.924. The van der Waals surface area contributed by atoms with Crippen molar-refractivity contribution in [3.05, 3.63) is 60.8 Å². The van der Waals surface area contributed by atoms with Crippen LogP contribution in [0.25, 0.3) is 0 Å². The van der Waals surface area contributed by atoms with Crippen molar-refractivity contribution in [2.75, 3.05) is 0 Å². The van der Waals surface area contributed by atoms with Crippen LogP contribution in [-0.2, 0) is 4.79 Å². The van der Waals surface area contributed by atoms with Gasteiger partial charge in [0, 0.05) is 6.08 Å². The highest BCUT2D eigenvalue weighted by Crippen LogP contribution is 2.09.